The van der Waals surface area contributed by atoms with Crippen molar-refractivity contribution in [1.29, 1.82) is 0 Å². The molecule has 0 aromatic rings. The molecule has 66 valence electrons. The number of ether oxygens (including phenoxy) is 1. The summed E-state index contributed by atoms with van der Waals surface area (Å²) < 4.78 is 4.68. The van der Waals surface area contributed by atoms with Crippen LogP contribution in [0.4, 0.5) is 0 Å². The summed E-state index contributed by atoms with van der Waals surface area (Å²) in [5, 5.41) is 9.24. The third kappa shape index (κ3) is 3.98. The molecule has 1 N–H and O–H groups in total. The Morgan fingerprint density at radius 3 is 2.27 bits per heavy atom. The molecule has 0 fully saturated rings. The van der Waals surface area contributed by atoms with Crippen LogP contribution in [0.2, 0.25) is 0 Å². The lowest BCUT2D eigenvalue weighted by atomic mass is 9.96. The van der Waals surface area contributed by atoms with E-state index in [4.69, 9.17) is 0 Å². The molecule has 0 amide bonds. The van der Waals surface area contributed by atoms with E-state index in [9.17, 15) is 9.90 Å². The van der Waals surface area contributed by atoms with Gasteiger partial charge in [0, 0.05) is 11.8 Å². The molecule has 0 aliphatic rings. The maximum Gasteiger partial charge on any atom is 0.307 e. The summed E-state index contributed by atoms with van der Waals surface area (Å²) in [5.41, 5.74) is -0.398. The minimum atomic E-state index is -1.00. The molecular weight excluding hydrogens is 144 g/mol. The Bertz CT molecular complexity index is 135. The second-order valence-corrected chi connectivity index (χ2v) is 3.56. The van der Waals surface area contributed by atoms with Gasteiger partial charge in [-0.3, -0.25) is 4.79 Å². The highest BCUT2D eigenvalue weighted by Gasteiger charge is 2.25. The third-order valence-corrected chi connectivity index (χ3v) is 1.27. The van der Waals surface area contributed by atoms with E-state index in [2.05, 4.69) is 4.74 Å². The molecule has 0 bridgehead atoms. The second-order valence-electron chi connectivity index (χ2n) is 3.56. The first-order chi connectivity index (χ1) is 4.88. The molecule has 0 rings (SSSR count). The van der Waals surface area contributed by atoms with Crippen molar-refractivity contribution < 1.29 is 14.6 Å². The number of esters is 1. The fraction of sp³-hybridized carbons (Fsp3) is 0.875. The van der Waals surface area contributed by atoms with E-state index in [1.165, 1.54) is 0 Å². The molecule has 0 aromatic carbocycles. The SMILES string of the molecule is CCC(=O)OC(O)C(C)(C)C. The number of hydrogen-bond acceptors (Lipinski definition) is 3. The topological polar surface area (TPSA) is 46.5 Å². The average molecular weight is 160 g/mol. The predicted octanol–water partition coefficient (Wildman–Crippen LogP) is 1.30. The molecule has 11 heavy (non-hydrogen) atoms. The predicted molar refractivity (Wildman–Crippen MR) is 41.8 cm³/mol. The number of hydrogen-bond donors (Lipinski definition) is 1. The summed E-state index contributed by atoms with van der Waals surface area (Å²) in [6.45, 7) is 7.11. The first-order valence-corrected chi connectivity index (χ1v) is 3.75. The lowest BCUT2D eigenvalue weighted by molar-refractivity contribution is -0.186. The third-order valence-electron chi connectivity index (χ3n) is 1.27. The molecule has 0 aromatic heterocycles. The average Bonchev–Trinajstić information content (AvgIpc) is 1.85. The molecule has 0 heterocycles. The van der Waals surface area contributed by atoms with E-state index >= 15 is 0 Å². The van der Waals surface area contributed by atoms with E-state index in [1.807, 2.05) is 0 Å². The van der Waals surface area contributed by atoms with Crippen molar-refractivity contribution in [3.8, 4) is 0 Å². The lowest BCUT2D eigenvalue weighted by Gasteiger charge is -2.24. The van der Waals surface area contributed by atoms with Gasteiger partial charge in [-0.15, -0.1) is 0 Å². The van der Waals surface area contributed by atoms with E-state index in [0.29, 0.717) is 6.42 Å². The van der Waals surface area contributed by atoms with Gasteiger partial charge < -0.3 is 9.84 Å². The Balaban J connectivity index is 3.87. The van der Waals surface area contributed by atoms with E-state index in [1.54, 1.807) is 27.7 Å². The van der Waals surface area contributed by atoms with Gasteiger partial charge in [0.25, 0.3) is 0 Å². The standard InChI is InChI=1S/C8H16O3/c1-5-6(9)11-7(10)8(2,3)4/h7,10H,5H2,1-4H3. The summed E-state index contributed by atoms with van der Waals surface area (Å²) in [7, 11) is 0. The zero-order valence-electron chi connectivity index (χ0n) is 7.55. The van der Waals surface area contributed by atoms with Crippen LogP contribution < -0.4 is 0 Å². The maximum absolute atomic E-state index is 10.7. The molecule has 0 saturated carbocycles. The highest BCUT2D eigenvalue weighted by molar-refractivity contribution is 5.68. The van der Waals surface area contributed by atoms with Gasteiger partial charge in [-0.2, -0.15) is 0 Å². The fourth-order valence-electron chi connectivity index (χ4n) is 0.385. The molecule has 3 heteroatoms. The molecular formula is C8H16O3. The number of aliphatic hydroxyl groups is 1. The number of rotatable bonds is 2. The van der Waals surface area contributed by atoms with Crippen LogP contribution in [0.3, 0.4) is 0 Å². The van der Waals surface area contributed by atoms with Gasteiger partial charge in [0.05, 0.1) is 0 Å². The highest BCUT2D eigenvalue weighted by atomic mass is 16.6. The van der Waals surface area contributed by atoms with Crippen LogP contribution in [0.15, 0.2) is 0 Å². The minimum Gasteiger partial charge on any atom is -0.435 e. The fourth-order valence-corrected chi connectivity index (χ4v) is 0.385. The van der Waals surface area contributed by atoms with Gasteiger partial charge in [-0.1, -0.05) is 27.7 Å². The Kier molecular flexibility index (Phi) is 3.52. The second kappa shape index (κ2) is 3.72. The number of carbonyl (C=O) groups is 1. The molecule has 0 aliphatic heterocycles. The molecule has 1 unspecified atom stereocenters. The van der Waals surface area contributed by atoms with E-state index < -0.39 is 11.7 Å². The van der Waals surface area contributed by atoms with E-state index in [-0.39, 0.29) is 5.97 Å². The zero-order chi connectivity index (χ0) is 9.07. The smallest absolute Gasteiger partial charge is 0.307 e. The Morgan fingerprint density at radius 2 is 2.00 bits per heavy atom. The quantitative estimate of drug-likeness (QED) is 0.489. The highest BCUT2D eigenvalue weighted by Crippen LogP contribution is 2.19. The van der Waals surface area contributed by atoms with Crippen molar-refractivity contribution in [2.45, 2.75) is 40.4 Å². The Hall–Kier alpha value is -0.570. The van der Waals surface area contributed by atoms with Gasteiger partial charge >= 0.3 is 5.97 Å². The largest absolute Gasteiger partial charge is 0.435 e. The van der Waals surface area contributed by atoms with Crippen LogP contribution in [0.5, 0.6) is 0 Å². The summed E-state index contributed by atoms with van der Waals surface area (Å²) in [6.07, 6.45) is -0.706. The van der Waals surface area contributed by atoms with Gasteiger partial charge in [0.15, 0.2) is 0 Å². The minimum absolute atomic E-state index is 0.299. The van der Waals surface area contributed by atoms with Crippen molar-refractivity contribution in [3.05, 3.63) is 0 Å². The molecule has 0 radical (unpaired) electrons. The Labute approximate surface area is 67.4 Å². The van der Waals surface area contributed by atoms with Crippen molar-refractivity contribution >= 4 is 5.97 Å². The first kappa shape index (κ1) is 10.4. The van der Waals surface area contributed by atoms with Crippen LogP contribution in [-0.4, -0.2) is 17.4 Å². The summed E-state index contributed by atoms with van der Waals surface area (Å²) in [5.74, 6) is -0.368. The van der Waals surface area contributed by atoms with Crippen molar-refractivity contribution in [2.24, 2.45) is 5.41 Å². The molecule has 0 spiro atoms. The molecule has 3 nitrogen and oxygen atoms in total. The van der Waals surface area contributed by atoms with Gasteiger partial charge in [0.2, 0.25) is 6.29 Å². The molecule has 0 aliphatic carbocycles. The van der Waals surface area contributed by atoms with Crippen LogP contribution >= 0.6 is 0 Å². The maximum atomic E-state index is 10.7. The monoisotopic (exact) mass is 160 g/mol. The van der Waals surface area contributed by atoms with E-state index in [0.717, 1.165) is 0 Å². The van der Waals surface area contributed by atoms with Crippen molar-refractivity contribution in [1.82, 2.24) is 0 Å². The van der Waals surface area contributed by atoms with Crippen molar-refractivity contribution in [3.63, 3.8) is 0 Å². The summed E-state index contributed by atoms with van der Waals surface area (Å²) >= 11 is 0. The summed E-state index contributed by atoms with van der Waals surface area (Å²) in [6, 6.07) is 0. The zero-order valence-corrected chi connectivity index (χ0v) is 7.55. The van der Waals surface area contributed by atoms with Crippen LogP contribution in [0, 0.1) is 5.41 Å². The van der Waals surface area contributed by atoms with Crippen molar-refractivity contribution in [2.75, 3.05) is 0 Å². The summed E-state index contributed by atoms with van der Waals surface area (Å²) in [4.78, 5) is 10.7. The van der Waals surface area contributed by atoms with Crippen LogP contribution in [-0.2, 0) is 9.53 Å². The van der Waals surface area contributed by atoms with Crippen LogP contribution in [0.1, 0.15) is 34.1 Å². The number of carbonyl (C=O) groups excluding carboxylic acids is 1. The van der Waals surface area contributed by atoms with Gasteiger partial charge in [-0.05, 0) is 0 Å². The van der Waals surface area contributed by atoms with Gasteiger partial charge in [0.1, 0.15) is 0 Å². The first-order valence-electron chi connectivity index (χ1n) is 3.75. The Morgan fingerprint density at radius 1 is 1.55 bits per heavy atom. The molecule has 1 atom stereocenters. The van der Waals surface area contributed by atoms with Gasteiger partial charge in [-0.25, -0.2) is 0 Å². The number of aliphatic hydroxyl groups excluding tert-OH is 1. The normalized spacial score (nSPS) is 14.3. The molecule has 0 saturated heterocycles. The lowest BCUT2D eigenvalue weighted by Crippen LogP contribution is -2.30. The van der Waals surface area contributed by atoms with Crippen LogP contribution in [0.25, 0.3) is 0 Å².